The van der Waals surface area contributed by atoms with Crippen LogP contribution in [-0.4, -0.2) is 16.9 Å². The highest BCUT2D eigenvalue weighted by Gasteiger charge is 2.17. The minimum Gasteiger partial charge on any atom is -0.481 e. The number of nitro benzene ring substituents is 1. The van der Waals surface area contributed by atoms with E-state index in [-0.39, 0.29) is 11.6 Å². The molecule has 0 heterocycles. The van der Waals surface area contributed by atoms with Crippen LogP contribution >= 0.6 is 15.9 Å². The number of anilines is 1. The molecular formula is C15H13BrN2O4. The second-order valence-corrected chi connectivity index (χ2v) is 5.34. The summed E-state index contributed by atoms with van der Waals surface area (Å²) >= 11 is 3.20. The van der Waals surface area contributed by atoms with E-state index < -0.39 is 11.0 Å². The van der Waals surface area contributed by atoms with Gasteiger partial charge in [-0.15, -0.1) is 0 Å². The van der Waals surface area contributed by atoms with E-state index in [1.54, 1.807) is 19.1 Å². The molecule has 22 heavy (non-hydrogen) atoms. The lowest BCUT2D eigenvalue weighted by Gasteiger charge is -2.15. The molecule has 0 aliphatic heterocycles. The summed E-state index contributed by atoms with van der Waals surface area (Å²) in [5.41, 5.74) is 0.387. The van der Waals surface area contributed by atoms with Crippen molar-refractivity contribution >= 4 is 33.2 Å². The lowest BCUT2D eigenvalue weighted by molar-refractivity contribution is -0.384. The number of benzene rings is 2. The molecule has 1 unspecified atom stereocenters. The highest BCUT2D eigenvalue weighted by Crippen LogP contribution is 2.27. The lowest BCUT2D eigenvalue weighted by atomic mass is 10.2. The summed E-state index contributed by atoms with van der Waals surface area (Å²) in [5.74, 6) is 0.242. The van der Waals surface area contributed by atoms with Crippen molar-refractivity contribution < 1.29 is 14.5 Å². The highest BCUT2D eigenvalue weighted by molar-refractivity contribution is 9.10. The molecule has 7 heteroatoms. The van der Waals surface area contributed by atoms with E-state index in [1.807, 2.05) is 18.2 Å². The molecule has 2 rings (SSSR count). The number of halogens is 1. The van der Waals surface area contributed by atoms with Gasteiger partial charge in [0.2, 0.25) is 0 Å². The molecule has 2 aromatic rings. The Morgan fingerprint density at radius 2 is 1.95 bits per heavy atom. The molecule has 0 spiro atoms. The molecular weight excluding hydrogens is 352 g/mol. The molecule has 0 radical (unpaired) electrons. The Bertz CT molecular complexity index is 691. The Morgan fingerprint density at radius 1 is 1.27 bits per heavy atom. The average Bonchev–Trinajstić information content (AvgIpc) is 2.50. The number of hydrogen-bond donors (Lipinski definition) is 1. The largest absolute Gasteiger partial charge is 0.481 e. The first-order chi connectivity index (χ1) is 10.5. The van der Waals surface area contributed by atoms with Crippen LogP contribution in [0.1, 0.15) is 6.92 Å². The maximum atomic E-state index is 12.1. The van der Waals surface area contributed by atoms with Crippen LogP contribution in [0.4, 0.5) is 11.4 Å². The SMILES string of the molecule is CC(Oc1ccccc1)C(=O)Nc1ccc([N+](=O)[O-])cc1Br. The number of rotatable bonds is 5. The third kappa shape index (κ3) is 4.05. The van der Waals surface area contributed by atoms with Gasteiger partial charge in [0.1, 0.15) is 5.75 Å². The van der Waals surface area contributed by atoms with Crippen molar-refractivity contribution in [2.24, 2.45) is 0 Å². The van der Waals surface area contributed by atoms with Crippen LogP contribution < -0.4 is 10.1 Å². The van der Waals surface area contributed by atoms with Crippen molar-refractivity contribution in [3.8, 4) is 5.75 Å². The van der Waals surface area contributed by atoms with Crippen LogP contribution in [-0.2, 0) is 4.79 Å². The minimum atomic E-state index is -0.704. The molecule has 0 bridgehead atoms. The maximum absolute atomic E-state index is 12.1. The number of ether oxygens (including phenoxy) is 1. The number of carbonyl (C=O) groups is 1. The summed E-state index contributed by atoms with van der Waals surface area (Å²) in [6.45, 7) is 1.63. The second kappa shape index (κ2) is 7.04. The molecule has 0 saturated heterocycles. The molecule has 1 atom stereocenters. The summed E-state index contributed by atoms with van der Waals surface area (Å²) in [6.07, 6.45) is -0.704. The number of nitrogens with one attached hydrogen (secondary N) is 1. The van der Waals surface area contributed by atoms with E-state index in [0.717, 1.165) is 0 Å². The molecule has 114 valence electrons. The summed E-state index contributed by atoms with van der Waals surface area (Å²) in [6, 6.07) is 13.1. The first-order valence-electron chi connectivity index (χ1n) is 6.44. The van der Waals surface area contributed by atoms with E-state index >= 15 is 0 Å². The van der Waals surface area contributed by atoms with Gasteiger partial charge in [-0.25, -0.2) is 0 Å². The van der Waals surface area contributed by atoms with Gasteiger partial charge in [-0.3, -0.25) is 14.9 Å². The fraction of sp³-hybridized carbons (Fsp3) is 0.133. The first kappa shape index (κ1) is 16.0. The standard InChI is InChI=1S/C15H13BrN2O4/c1-10(22-12-5-3-2-4-6-12)15(19)17-14-8-7-11(18(20)21)9-13(14)16/h2-10H,1H3,(H,17,19). The van der Waals surface area contributed by atoms with Gasteiger partial charge in [0, 0.05) is 16.6 Å². The number of hydrogen-bond acceptors (Lipinski definition) is 4. The Morgan fingerprint density at radius 3 is 2.55 bits per heavy atom. The zero-order valence-corrected chi connectivity index (χ0v) is 13.2. The maximum Gasteiger partial charge on any atom is 0.270 e. The van der Waals surface area contributed by atoms with E-state index in [2.05, 4.69) is 21.2 Å². The Kier molecular flexibility index (Phi) is 5.11. The predicted molar refractivity (Wildman–Crippen MR) is 86.0 cm³/mol. The summed E-state index contributed by atoms with van der Waals surface area (Å²) in [4.78, 5) is 22.3. The second-order valence-electron chi connectivity index (χ2n) is 4.48. The van der Waals surface area contributed by atoms with Crippen LogP contribution in [0.25, 0.3) is 0 Å². The zero-order chi connectivity index (χ0) is 16.1. The number of nitro groups is 1. The minimum absolute atomic E-state index is 0.0570. The van der Waals surface area contributed by atoms with Crippen molar-refractivity contribution in [3.05, 3.63) is 63.1 Å². The first-order valence-corrected chi connectivity index (χ1v) is 7.23. The Labute approximate surface area is 135 Å². The number of non-ortho nitro benzene ring substituents is 1. The number of amides is 1. The lowest BCUT2D eigenvalue weighted by Crippen LogP contribution is -2.30. The zero-order valence-electron chi connectivity index (χ0n) is 11.7. The van der Waals surface area contributed by atoms with Gasteiger partial charge in [-0.1, -0.05) is 18.2 Å². The van der Waals surface area contributed by atoms with Crippen LogP contribution in [0, 0.1) is 10.1 Å². The quantitative estimate of drug-likeness (QED) is 0.646. The van der Waals surface area contributed by atoms with Crippen molar-refractivity contribution in [1.82, 2.24) is 0 Å². The van der Waals surface area contributed by atoms with Gasteiger partial charge >= 0.3 is 0 Å². The van der Waals surface area contributed by atoms with E-state index in [1.165, 1.54) is 18.2 Å². The molecule has 0 aliphatic rings. The van der Waals surface area contributed by atoms with Gasteiger partial charge in [0.05, 0.1) is 10.6 Å². The van der Waals surface area contributed by atoms with Crippen LogP contribution in [0.2, 0.25) is 0 Å². The molecule has 1 amide bonds. The molecule has 2 aromatic carbocycles. The molecule has 0 fully saturated rings. The highest BCUT2D eigenvalue weighted by atomic mass is 79.9. The average molecular weight is 365 g/mol. The fourth-order valence-corrected chi connectivity index (χ4v) is 2.18. The van der Waals surface area contributed by atoms with Gasteiger partial charge < -0.3 is 10.1 Å². The van der Waals surface area contributed by atoms with Gasteiger partial charge in [0.15, 0.2) is 6.10 Å². The molecule has 0 aliphatic carbocycles. The van der Waals surface area contributed by atoms with Crippen molar-refractivity contribution in [2.45, 2.75) is 13.0 Å². The van der Waals surface area contributed by atoms with Crippen LogP contribution in [0.5, 0.6) is 5.75 Å². The van der Waals surface area contributed by atoms with E-state index in [0.29, 0.717) is 15.9 Å². The monoisotopic (exact) mass is 364 g/mol. The normalized spacial score (nSPS) is 11.5. The number of carbonyl (C=O) groups excluding carboxylic acids is 1. The summed E-state index contributed by atoms with van der Waals surface area (Å²) in [7, 11) is 0. The van der Waals surface area contributed by atoms with Crippen molar-refractivity contribution in [1.29, 1.82) is 0 Å². The third-order valence-corrected chi connectivity index (χ3v) is 3.50. The smallest absolute Gasteiger partial charge is 0.270 e. The van der Waals surface area contributed by atoms with E-state index in [4.69, 9.17) is 4.74 Å². The topological polar surface area (TPSA) is 81.5 Å². The molecule has 0 saturated carbocycles. The predicted octanol–water partition coefficient (Wildman–Crippen LogP) is 3.76. The Hall–Kier alpha value is -2.41. The Balaban J connectivity index is 2.04. The van der Waals surface area contributed by atoms with Gasteiger partial charge in [-0.05, 0) is 41.1 Å². The number of nitrogens with zero attached hydrogens (tertiary/aromatic N) is 1. The third-order valence-electron chi connectivity index (χ3n) is 2.85. The molecule has 0 aromatic heterocycles. The van der Waals surface area contributed by atoms with Crippen molar-refractivity contribution in [3.63, 3.8) is 0 Å². The van der Waals surface area contributed by atoms with Crippen molar-refractivity contribution in [2.75, 3.05) is 5.32 Å². The summed E-state index contributed by atoms with van der Waals surface area (Å²) in [5, 5.41) is 13.3. The van der Waals surface area contributed by atoms with Gasteiger partial charge in [-0.2, -0.15) is 0 Å². The fourth-order valence-electron chi connectivity index (χ4n) is 1.71. The van der Waals surface area contributed by atoms with Gasteiger partial charge in [0.25, 0.3) is 11.6 Å². The van der Waals surface area contributed by atoms with Crippen LogP contribution in [0.3, 0.4) is 0 Å². The van der Waals surface area contributed by atoms with Crippen LogP contribution in [0.15, 0.2) is 53.0 Å². The molecule has 6 nitrogen and oxygen atoms in total. The summed E-state index contributed by atoms with van der Waals surface area (Å²) < 4.78 is 5.95. The number of para-hydroxylation sites is 1. The molecule has 1 N–H and O–H groups in total. The van der Waals surface area contributed by atoms with E-state index in [9.17, 15) is 14.9 Å².